The van der Waals surface area contributed by atoms with Crippen LogP contribution in [0.5, 0.6) is 0 Å². The quantitative estimate of drug-likeness (QED) is 0.485. The minimum Gasteiger partial charge on any atom is -0.396 e. The van der Waals surface area contributed by atoms with Crippen molar-refractivity contribution in [2.45, 2.75) is 25.8 Å². The summed E-state index contributed by atoms with van der Waals surface area (Å²) in [6, 6.07) is 1.91. The van der Waals surface area contributed by atoms with Crippen molar-refractivity contribution in [1.82, 2.24) is 4.98 Å². The van der Waals surface area contributed by atoms with Crippen molar-refractivity contribution < 1.29 is 14.8 Å². The Bertz CT molecular complexity index is 249. The van der Waals surface area contributed by atoms with Crippen molar-refractivity contribution in [3.05, 3.63) is 24.3 Å². The normalized spacial score (nSPS) is 10.4. The highest BCUT2D eigenvalue weighted by atomic mass is 16.3. The average molecular weight is 197 g/mol. The van der Waals surface area contributed by atoms with Crippen LogP contribution >= 0.6 is 0 Å². The van der Waals surface area contributed by atoms with E-state index >= 15 is 0 Å². The first-order valence-electron chi connectivity index (χ1n) is 4.92. The molecule has 2 N–H and O–H groups in total. The minimum atomic E-state index is 0.140. The number of aromatic nitrogens is 2. The minimum absolute atomic E-state index is 0.140. The Balaban J connectivity index is 2.38. The zero-order valence-corrected chi connectivity index (χ0v) is 8.26. The third-order valence-electron chi connectivity index (χ3n) is 2.02. The Morgan fingerprint density at radius 1 is 1.21 bits per heavy atom. The molecular weight excluding hydrogens is 180 g/mol. The van der Waals surface area contributed by atoms with Crippen LogP contribution in [0.25, 0.3) is 0 Å². The molecule has 0 aliphatic heterocycles. The number of aliphatic hydroxyl groups excluding tert-OH is 2. The molecule has 0 spiro atoms. The van der Waals surface area contributed by atoms with Gasteiger partial charge in [0.25, 0.3) is 6.33 Å². The van der Waals surface area contributed by atoms with Crippen LogP contribution in [-0.2, 0) is 13.0 Å². The lowest BCUT2D eigenvalue weighted by Crippen LogP contribution is -2.33. The van der Waals surface area contributed by atoms with E-state index < -0.39 is 0 Å². The molecular formula is C10H17N2O2+. The molecule has 78 valence electrons. The summed E-state index contributed by atoms with van der Waals surface area (Å²) in [5, 5.41) is 17.3. The van der Waals surface area contributed by atoms with E-state index in [1.807, 2.05) is 16.8 Å². The van der Waals surface area contributed by atoms with Gasteiger partial charge in [0, 0.05) is 19.1 Å². The van der Waals surface area contributed by atoms with Crippen LogP contribution in [0.3, 0.4) is 0 Å². The fourth-order valence-corrected chi connectivity index (χ4v) is 1.21. The summed E-state index contributed by atoms with van der Waals surface area (Å²) in [7, 11) is 0. The molecule has 1 aromatic heterocycles. The first-order chi connectivity index (χ1) is 6.86. The van der Waals surface area contributed by atoms with Gasteiger partial charge in [-0.2, -0.15) is 0 Å². The number of nitrogens with zero attached hydrogens (tertiary/aromatic N) is 2. The van der Waals surface area contributed by atoms with Crippen LogP contribution < -0.4 is 4.57 Å². The second kappa shape index (κ2) is 6.45. The summed E-state index contributed by atoms with van der Waals surface area (Å²) < 4.78 is 1.98. The first-order valence-corrected chi connectivity index (χ1v) is 4.92. The molecule has 0 saturated heterocycles. The van der Waals surface area contributed by atoms with Crippen molar-refractivity contribution >= 4 is 0 Å². The van der Waals surface area contributed by atoms with Crippen LogP contribution in [0.4, 0.5) is 0 Å². The van der Waals surface area contributed by atoms with Crippen LogP contribution in [-0.4, -0.2) is 28.4 Å². The van der Waals surface area contributed by atoms with E-state index in [1.54, 1.807) is 6.33 Å². The second-order valence-electron chi connectivity index (χ2n) is 3.19. The maximum absolute atomic E-state index is 8.69. The summed E-state index contributed by atoms with van der Waals surface area (Å²) >= 11 is 0. The van der Waals surface area contributed by atoms with E-state index in [-0.39, 0.29) is 13.2 Å². The highest BCUT2D eigenvalue weighted by Crippen LogP contribution is 1.91. The lowest BCUT2D eigenvalue weighted by molar-refractivity contribution is -0.700. The van der Waals surface area contributed by atoms with Gasteiger partial charge in [0.15, 0.2) is 5.69 Å². The van der Waals surface area contributed by atoms with Crippen molar-refractivity contribution in [2.24, 2.45) is 0 Å². The van der Waals surface area contributed by atoms with Gasteiger partial charge in [0.2, 0.25) is 0 Å². The van der Waals surface area contributed by atoms with Gasteiger partial charge >= 0.3 is 0 Å². The van der Waals surface area contributed by atoms with Gasteiger partial charge in [-0.3, -0.25) is 0 Å². The molecule has 0 unspecified atom stereocenters. The van der Waals surface area contributed by atoms with Crippen molar-refractivity contribution in [2.75, 3.05) is 13.2 Å². The lowest BCUT2D eigenvalue weighted by Gasteiger charge is -1.97. The van der Waals surface area contributed by atoms with Crippen molar-refractivity contribution in [3.8, 4) is 0 Å². The van der Waals surface area contributed by atoms with Crippen LogP contribution in [0.2, 0.25) is 0 Å². The van der Waals surface area contributed by atoms with Gasteiger partial charge in [-0.1, -0.05) is 4.98 Å². The predicted octanol–water partition coefficient (Wildman–Crippen LogP) is -0.324. The van der Waals surface area contributed by atoms with Gasteiger partial charge in [-0.15, -0.1) is 0 Å². The molecule has 1 rings (SSSR count). The second-order valence-corrected chi connectivity index (χ2v) is 3.19. The molecule has 4 nitrogen and oxygen atoms in total. The van der Waals surface area contributed by atoms with Crippen molar-refractivity contribution in [3.63, 3.8) is 0 Å². The molecule has 1 heterocycles. The summed E-state index contributed by atoms with van der Waals surface area (Å²) in [6.07, 6.45) is 6.11. The van der Waals surface area contributed by atoms with E-state index in [0.717, 1.165) is 25.1 Å². The molecule has 4 heteroatoms. The number of unbranched alkanes of at least 4 members (excludes halogenated alkanes) is 1. The zero-order valence-electron chi connectivity index (χ0n) is 8.26. The van der Waals surface area contributed by atoms with Crippen LogP contribution in [0, 0.1) is 0 Å². The third-order valence-corrected chi connectivity index (χ3v) is 2.02. The molecule has 0 aromatic carbocycles. The average Bonchev–Trinajstić information content (AvgIpc) is 2.21. The highest BCUT2D eigenvalue weighted by molar-refractivity contribution is 4.94. The Kier molecular flexibility index (Phi) is 5.11. The molecule has 0 saturated carbocycles. The SMILES string of the molecule is OCCCC[n+]1ccc(CCO)nc1. The standard InChI is InChI=1S/C10H17N2O2/c13-7-2-1-5-12-6-3-10(4-8-14)11-9-12/h3,6,9,13-14H,1-2,4-5,7-8H2/q+1. The van der Waals surface area contributed by atoms with Crippen molar-refractivity contribution in [1.29, 1.82) is 0 Å². The van der Waals surface area contributed by atoms with Crippen LogP contribution in [0.1, 0.15) is 18.5 Å². The number of rotatable bonds is 6. The number of hydrogen-bond acceptors (Lipinski definition) is 3. The van der Waals surface area contributed by atoms with E-state index in [4.69, 9.17) is 10.2 Å². The number of aryl methyl sites for hydroxylation is 1. The molecule has 0 bridgehead atoms. The Labute approximate surface area is 83.9 Å². The zero-order chi connectivity index (χ0) is 10.2. The summed E-state index contributed by atoms with van der Waals surface area (Å²) in [6.45, 7) is 1.27. The first kappa shape index (κ1) is 11.1. The van der Waals surface area contributed by atoms with E-state index in [2.05, 4.69) is 4.98 Å². The maximum atomic E-state index is 8.69. The van der Waals surface area contributed by atoms with Gasteiger partial charge in [0.05, 0.1) is 19.3 Å². The highest BCUT2D eigenvalue weighted by Gasteiger charge is 2.01. The summed E-state index contributed by atoms with van der Waals surface area (Å²) in [5.41, 5.74) is 0.908. The van der Waals surface area contributed by atoms with E-state index in [0.29, 0.717) is 6.42 Å². The summed E-state index contributed by atoms with van der Waals surface area (Å²) in [4.78, 5) is 4.19. The lowest BCUT2D eigenvalue weighted by atomic mass is 10.3. The van der Waals surface area contributed by atoms with Gasteiger partial charge in [0.1, 0.15) is 0 Å². The van der Waals surface area contributed by atoms with E-state index in [9.17, 15) is 0 Å². The molecule has 0 aliphatic carbocycles. The van der Waals surface area contributed by atoms with Gasteiger partial charge in [-0.25, -0.2) is 4.57 Å². The smallest absolute Gasteiger partial charge is 0.286 e. The molecule has 0 radical (unpaired) electrons. The Hall–Kier alpha value is -1.00. The predicted molar refractivity (Wildman–Crippen MR) is 51.5 cm³/mol. The fraction of sp³-hybridized carbons (Fsp3) is 0.600. The summed E-state index contributed by atoms with van der Waals surface area (Å²) in [5.74, 6) is 0. The third kappa shape index (κ3) is 3.81. The molecule has 0 atom stereocenters. The number of hydrogen-bond donors (Lipinski definition) is 2. The largest absolute Gasteiger partial charge is 0.396 e. The maximum Gasteiger partial charge on any atom is 0.286 e. The van der Waals surface area contributed by atoms with Gasteiger partial charge < -0.3 is 10.2 Å². The Morgan fingerprint density at radius 2 is 2.07 bits per heavy atom. The topological polar surface area (TPSA) is 57.2 Å². The van der Waals surface area contributed by atoms with E-state index in [1.165, 1.54) is 0 Å². The van der Waals surface area contributed by atoms with Gasteiger partial charge in [-0.05, 0) is 12.8 Å². The monoisotopic (exact) mass is 197 g/mol. The van der Waals surface area contributed by atoms with Crippen LogP contribution in [0.15, 0.2) is 18.6 Å². The Morgan fingerprint density at radius 3 is 2.64 bits per heavy atom. The molecule has 0 fully saturated rings. The molecule has 1 aromatic rings. The molecule has 14 heavy (non-hydrogen) atoms. The molecule has 0 aliphatic rings. The number of aliphatic hydroxyl groups is 2. The fourth-order valence-electron chi connectivity index (χ4n) is 1.21. The molecule has 0 amide bonds.